The van der Waals surface area contributed by atoms with E-state index in [-0.39, 0.29) is 0 Å². The van der Waals surface area contributed by atoms with E-state index in [1.54, 1.807) is 19.5 Å². The molecule has 152 valence electrons. The predicted molar refractivity (Wildman–Crippen MR) is 110 cm³/mol. The third-order valence-electron chi connectivity index (χ3n) is 5.45. The summed E-state index contributed by atoms with van der Waals surface area (Å²) in [5.41, 5.74) is 0.924. The molecule has 0 spiro atoms. The van der Waals surface area contributed by atoms with Crippen molar-refractivity contribution in [2.75, 3.05) is 20.2 Å². The van der Waals surface area contributed by atoms with E-state index in [9.17, 15) is 0 Å². The summed E-state index contributed by atoms with van der Waals surface area (Å²) >= 11 is 0. The predicted octanol–water partition coefficient (Wildman–Crippen LogP) is 3.87. The minimum atomic E-state index is 0.329. The van der Waals surface area contributed by atoms with Crippen LogP contribution < -0.4 is 9.47 Å². The van der Waals surface area contributed by atoms with Gasteiger partial charge in [0.25, 0.3) is 0 Å². The number of aryl methyl sites for hydroxylation is 1. The molecule has 0 aliphatic carbocycles. The average molecular weight is 393 g/mol. The normalized spacial score (nSPS) is 15.4. The van der Waals surface area contributed by atoms with Crippen LogP contribution in [0.4, 0.5) is 0 Å². The van der Waals surface area contributed by atoms with Crippen molar-refractivity contribution < 1.29 is 9.47 Å². The highest BCUT2D eigenvalue weighted by atomic mass is 16.5. The van der Waals surface area contributed by atoms with Gasteiger partial charge in [-0.05, 0) is 45.0 Å². The maximum atomic E-state index is 6.10. The van der Waals surface area contributed by atoms with Crippen molar-refractivity contribution in [2.24, 2.45) is 0 Å². The summed E-state index contributed by atoms with van der Waals surface area (Å²) in [5.74, 6) is 3.36. The number of benzene rings is 1. The number of hydrogen-bond donors (Lipinski definition) is 0. The van der Waals surface area contributed by atoms with Crippen LogP contribution in [0.15, 0.2) is 49.1 Å². The molecule has 0 atom stereocenters. The van der Waals surface area contributed by atoms with Crippen LogP contribution in [0.25, 0.3) is 0 Å². The Balaban J connectivity index is 1.44. The fourth-order valence-corrected chi connectivity index (χ4v) is 3.85. The van der Waals surface area contributed by atoms with Crippen molar-refractivity contribution in [3.05, 3.63) is 60.6 Å². The molecule has 3 aromatic rings. The first-order valence-corrected chi connectivity index (χ1v) is 10.1. The lowest BCUT2D eigenvalue weighted by atomic mass is 9.93. The topological polar surface area (TPSA) is 65.3 Å². The van der Waals surface area contributed by atoms with Gasteiger partial charge < -0.3 is 14.0 Å². The number of para-hydroxylation sites is 2. The molecule has 0 N–H and O–H groups in total. The van der Waals surface area contributed by atoms with Crippen molar-refractivity contribution in [1.82, 2.24) is 24.4 Å². The van der Waals surface area contributed by atoms with Crippen molar-refractivity contribution in [3.8, 4) is 17.4 Å². The number of methoxy groups -OCH3 is 1. The number of nitrogens with zero attached hydrogens (tertiary/aromatic N) is 5. The van der Waals surface area contributed by atoms with Gasteiger partial charge in [-0.2, -0.15) is 0 Å². The molecular weight excluding hydrogens is 366 g/mol. The second-order valence-corrected chi connectivity index (χ2v) is 7.18. The third kappa shape index (κ3) is 4.40. The average Bonchev–Trinajstić information content (AvgIpc) is 3.22. The number of hydrogen-bond acceptors (Lipinski definition) is 6. The van der Waals surface area contributed by atoms with Gasteiger partial charge in [0.05, 0.1) is 13.7 Å². The Kier molecular flexibility index (Phi) is 6.05. The zero-order valence-electron chi connectivity index (χ0n) is 17.0. The van der Waals surface area contributed by atoms with Crippen molar-refractivity contribution in [1.29, 1.82) is 0 Å². The molecular formula is C22H27N5O2. The minimum Gasteiger partial charge on any atom is -0.493 e. The SMILES string of the molecule is CCn1ccnc1CN1CCC(c2nccnc2Oc2ccccc2OC)CC1. The first-order valence-electron chi connectivity index (χ1n) is 10.1. The molecule has 7 nitrogen and oxygen atoms in total. The number of piperidine rings is 1. The monoisotopic (exact) mass is 393 g/mol. The Hall–Kier alpha value is -2.93. The molecule has 0 bridgehead atoms. The van der Waals surface area contributed by atoms with Gasteiger partial charge in [-0.25, -0.2) is 9.97 Å². The molecule has 0 radical (unpaired) electrons. The first-order chi connectivity index (χ1) is 14.3. The molecule has 7 heteroatoms. The van der Waals surface area contributed by atoms with Crippen LogP contribution in [0.5, 0.6) is 17.4 Å². The third-order valence-corrected chi connectivity index (χ3v) is 5.45. The lowest BCUT2D eigenvalue weighted by Crippen LogP contribution is -2.33. The summed E-state index contributed by atoms with van der Waals surface area (Å²) < 4.78 is 13.7. The molecule has 2 aromatic heterocycles. The standard InChI is InChI=1S/C22H27N5O2/c1-3-27-15-12-23-20(27)16-26-13-8-17(9-14-26)21-22(25-11-10-24-21)29-19-7-5-4-6-18(19)28-2/h4-7,10-12,15,17H,3,8-9,13-14,16H2,1-2H3. The van der Waals surface area contributed by atoms with E-state index in [0.29, 0.717) is 23.3 Å². The molecule has 0 amide bonds. The smallest absolute Gasteiger partial charge is 0.241 e. The van der Waals surface area contributed by atoms with Gasteiger partial charge >= 0.3 is 0 Å². The molecule has 1 aromatic carbocycles. The Morgan fingerprint density at radius 3 is 2.52 bits per heavy atom. The number of rotatable bonds is 7. The Bertz CT molecular complexity index is 934. The number of imidazole rings is 1. The summed E-state index contributed by atoms with van der Waals surface area (Å²) in [6.45, 7) is 6.00. The largest absolute Gasteiger partial charge is 0.493 e. The summed E-state index contributed by atoms with van der Waals surface area (Å²) in [6.07, 6.45) is 9.39. The number of aromatic nitrogens is 4. The second-order valence-electron chi connectivity index (χ2n) is 7.18. The lowest BCUT2D eigenvalue weighted by molar-refractivity contribution is 0.195. The van der Waals surface area contributed by atoms with Gasteiger partial charge in [0, 0.05) is 37.3 Å². The molecule has 1 aliphatic rings. The Morgan fingerprint density at radius 1 is 1.00 bits per heavy atom. The van der Waals surface area contributed by atoms with Gasteiger partial charge in [-0.1, -0.05) is 12.1 Å². The fourth-order valence-electron chi connectivity index (χ4n) is 3.85. The van der Waals surface area contributed by atoms with Gasteiger partial charge in [0.15, 0.2) is 11.5 Å². The molecule has 29 heavy (non-hydrogen) atoms. The van der Waals surface area contributed by atoms with Gasteiger partial charge in [-0.3, -0.25) is 9.88 Å². The minimum absolute atomic E-state index is 0.329. The van der Waals surface area contributed by atoms with Crippen LogP contribution in [0.3, 0.4) is 0 Å². The van der Waals surface area contributed by atoms with E-state index in [1.165, 1.54) is 0 Å². The van der Waals surface area contributed by atoms with E-state index < -0.39 is 0 Å². The highest BCUT2D eigenvalue weighted by Crippen LogP contribution is 2.36. The molecule has 1 aliphatic heterocycles. The Morgan fingerprint density at radius 2 is 1.76 bits per heavy atom. The summed E-state index contributed by atoms with van der Waals surface area (Å²) in [7, 11) is 1.64. The summed E-state index contributed by atoms with van der Waals surface area (Å²) in [6, 6.07) is 7.61. The van der Waals surface area contributed by atoms with Crippen LogP contribution in [0.1, 0.15) is 37.2 Å². The van der Waals surface area contributed by atoms with E-state index in [0.717, 1.165) is 50.5 Å². The molecule has 4 rings (SSSR count). The van der Waals surface area contributed by atoms with Gasteiger partial charge in [0.1, 0.15) is 11.5 Å². The molecule has 3 heterocycles. The van der Waals surface area contributed by atoms with Crippen LogP contribution in [0, 0.1) is 0 Å². The maximum Gasteiger partial charge on any atom is 0.241 e. The van der Waals surface area contributed by atoms with Crippen LogP contribution in [0.2, 0.25) is 0 Å². The van der Waals surface area contributed by atoms with Crippen molar-refractivity contribution in [3.63, 3.8) is 0 Å². The second kappa shape index (κ2) is 9.05. The molecule has 1 fully saturated rings. The van der Waals surface area contributed by atoms with E-state index in [4.69, 9.17) is 9.47 Å². The summed E-state index contributed by atoms with van der Waals surface area (Å²) in [5, 5.41) is 0. The number of ether oxygens (including phenoxy) is 2. The first kappa shape index (κ1) is 19.4. The zero-order chi connectivity index (χ0) is 20.1. The number of likely N-dealkylation sites (tertiary alicyclic amines) is 1. The Labute approximate surface area is 171 Å². The van der Waals surface area contributed by atoms with Crippen LogP contribution in [-0.4, -0.2) is 44.6 Å². The highest BCUT2D eigenvalue weighted by molar-refractivity contribution is 5.42. The van der Waals surface area contributed by atoms with Crippen molar-refractivity contribution in [2.45, 2.75) is 38.8 Å². The molecule has 1 saturated heterocycles. The highest BCUT2D eigenvalue weighted by Gasteiger charge is 2.26. The van der Waals surface area contributed by atoms with E-state index in [2.05, 4.69) is 31.3 Å². The summed E-state index contributed by atoms with van der Waals surface area (Å²) in [4.78, 5) is 16.0. The maximum absolute atomic E-state index is 6.10. The lowest BCUT2D eigenvalue weighted by Gasteiger charge is -2.31. The quantitative estimate of drug-likeness (QED) is 0.607. The van der Waals surface area contributed by atoms with Crippen LogP contribution in [-0.2, 0) is 13.1 Å². The van der Waals surface area contributed by atoms with E-state index in [1.807, 2.05) is 36.7 Å². The van der Waals surface area contributed by atoms with E-state index >= 15 is 0 Å². The van der Waals surface area contributed by atoms with Crippen molar-refractivity contribution >= 4 is 0 Å². The molecule has 0 saturated carbocycles. The zero-order valence-corrected chi connectivity index (χ0v) is 17.0. The van der Waals surface area contributed by atoms with Gasteiger partial charge in [0.2, 0.25) is 5.88 Å². The van der Waals surface area contributed by atoms with Gasteiger partial charge in [-0.15, -0.1) is 0 Å². The van der Waals surface area contributed by atoms with Crippen LogP contribution >= 0.6 is 0 Å². The molecule has 0 unspecified atom stereocenters. The fraction of sp³-hybridized carbons (Fsp3) is 0.409.